The summed E-state index contributed by atoms with van der Waals surface area (Å²) in [6.45, 7) is 5.96. The number of piperidine rings is 1. The van der Waals surface area contributed by atoms with Gasteiger partial charge in [0.1, 0.15) is 5.82 Å². The number of benzene rings is 1. The van der Waals surface area contributed by atoms with E-state index >= 15 is 0 Å². The van der Waals surface area contributed by atoms with Gasteiger partial charge in [-0.25, -0.2) is 4.39 Å². The molecule has 1 atom stereocenters. The molecule has 116 valence electrons. The van der Waals surface area contributed by atoms with Crippen LogP contribution in [0.2, 0.25) is 0 Å². The van der Waals surface area contributed by atoms with Crippen LogP contribution in [-0.4, -0.2) is 22.0 Å². The van der Waals surface area contributed by atoms with E-state index in [-0.39, 0.29) is 29.5 Å². The number of H-pyrrole nitrogens is 1. The minimum absolute atomic E-state index is 0.266. The van der Waals surface area contributed by atoms with Crippen molar-refractivity contribution in [2.75, 3.05) is 0 Å². The van der Waals surface area contributed by atoms with E-state index in [0.29, 0.717) is 23.0 Å². The Hall–Kier alpha value is -2.24. The van der Waals surface area contributed by atoms with Crippen molar-refractivity contribution >= 4 is 22.7 Å². The van der Waals surface area contributed by atoms with Gasteiger partial charge in [0.05, 0.1) is 17.1 Å². The van der Waals surface area contributed by atoms with Gasteiger partial charge < -0.3 is 0 Å². The number of aromatic amines is 1. The lowest BCUT2D eigenvalue weighted by atomic mass is 9.84. The van der Waals surface area contributed by atoms with Crippen LogP contribution >= 0.6 is 0 Å². The Morgan fingerprint density at radius 3 is 2.64 bits per heavy atom. The molecule has 0 unspecified atom stereocenters. The number of carbonyl (C=O) groups excluding carboxylic acids is 2. The van der Waals surface area contributed by atoms with E-state index in [1.165, 1.54) is 12.1 Å². The van der Waals surface area contributed by atoms with Crippen LogP contribution < -0.4 is 5.32 Å². The first-order chi connectivity index (χ1) is 10.3. The van der Waals surface area contributed by atoms with Gasteiger partial charge in [-0.2, -0.15) is 5.10 Å². The minimum Gasteiger partial charge on any atom is -0.296 e. The van der Waals surface area contributed by atoms with Crippen LogP contribution in [0.3, 0.4) is 0 Å². The maximum absolute atomic E-state index is 14.0. The summed E-state index contributed by atoms with van der Waals surface area (Å²) in [5.74, 6) is -1.49. The van der Waals surface area contributed by atoms with Gasteiger partial charge in [0.2, 0.25) is 11.8 Å². The van der Waals surface area contributed by atoms with Gasteiger partial charge in [-0.3, -0.25) is 20.0 Å². The molecule has 2 aromatic rings. The van der Waals surface area contributed by atoms with Crippen molar-refractivity contribution in [1.82, 2.24) is 15.5 Å². The van der Waals surface area contributed by atoms with E-state index in [2.05, 4.69) is 15.5 Å². The molecular formula is C16H18FN3O2. The topological polar surface area (TPSA) is 74.8 Å². The second kappa shape index (κ2) is 4.90. The molecule has 2 N–H and O–H groups in total. The van der Waals surface area contributed by atoms with E-state index in [1.807, 2.05) is 20.8 Å². The molecule has 1 aliphatic rings. The summed E-state index contributed by atoms with van der Waals surface area (Å²) in [5.41, 5.74) is 1.77. The molecule has 0 bridgehead atoms. The highest BCUT2D eigenvalue weighted by molar-refractivity contribution is 6.02. The lowest BCUT2D eigenvalue weighted by molar-refractivity contribution is -0.134. The van der Waals surface area contributed by atoms with E-state index in [4.69, 9.17) is 0 Å². The Labute approximate surface area is 127 Å². The number of halogens is 1. The molecule has 0 spiro atoms. The molecule has 1 aromatic heterocycles. The monoisotopic (exact) mass is 303 g/mol. The van der Waals surface area contributed by atoms with E-state index < -0.39 is 5.92 Å². The normalized spacial score (nSPS) is 19.5. The second-order valence-electron chi connectivity index (χ2n) is 6.74. The zero-order chi connectivity index (χ0) is 16.1. The molecule has 0 radical (unpaired) electrons. The quantitative estimate of drug-likeness (QED) is 0.795. The summed E-state index contributed by atoms with van der Waals surface area (Å²) in [4.78, 5) is 23.3. The summed E-state index contributed by atoms with van der Waals surface area (Å²) in [6.07, 6.45) is 0.682. The van der Waals surface area contributed by atoms with Gasteiger partial charge in [0.25, 0.3) is 0 Å². The first kappa shape index (κ1) is 14.7. The highest BCUT2D eigenvalue weighted by Crippen LogP contribution is 2.35. The summed E-state index contributed by atoms with van der Waals surface area (Å²) in [6, 6.07) is 2.88. The number of rotatable bonds is 1. The van der Waals surface area contributed by atoms with Crippen LogP contribution in [0.1, 0.15) is 50.8 Å². The van der Waals surface area contributed by atoms with Gasteiger partial charge in [-0.1, -0.05) is 20.8 Å². The van der Waals surface area contributed by atoms with Crippen LogP contribution in [-0.2, 0) is 15.0 Å². The fourth-order valence-electron chi connectivity index (χ4n) is 2.91. The molecule has 3 rings (SSSR count). The number of hydrogen-bond acceptors (Lipinski definition) is 3. The number of amides is 2. The van der Waals surface area contributed by atoms with E-state index in [1.54, 1.807) is 0 Å². The molecule has 1 fully saturated rings. The molecule has 0 aliphatic carbocycles. The van der Waals surface area contributed by atoms with Crippen molar-refractivity contribution in [2.24, 2.45) is 0 Å². The molecule has 5 nitrogen and oxygen atoms in total. The van der Waals surface area contributed by atoms with Gasteiger partial charge >= 0.3 is 0 Å². The number of aromatic nitrogens is 2. The van der Waals surface area contributed by atoms with Gasteiger partial charge in [0.15, 0.2) is 0 Å². The SMILES string of the molecule is CC(C)(C)c1cc(F)cc2c([C@@H]3CCC(=O)NC3=O)[nH]nc12. The first-order valence-electron chi connectivity index (χ1n) is 7.29. The summed E-state index contributed by atoms with van der Waals surface area (Å²) in [7, 11) is 0. The first-order valence-corrected chi connectivity index (χ1v) is 7.29. The molecular weight excluding hydrogens is 285 g/mol. The third-order valence-electron chi connectivity index (χ3n) is 4.05. The zero-order valence-corrected chi connectivity index (χ0v) is 12.8. The number of nitrogens with zero attached hydrogens (tertiary/aromatic N) is 1. The van der Waals surface area contributed by atoms with Gasteiger partial charge in [-0.15, -0.1) is 0 Å². The van der Waals surface area contributed by atoms with Crippen molar-refractivity contribution in [3.63, 3.8) is 0 Å². The predicted octanol–water partition coefficient (Wildman–Crippen LogP) is 2.52. The maximum atomic E-state index is 14.0. The van der Waals surface area contributed by atoms with Crippen LogP contribution in [0.25, 0.3) is 10.9 Å². The largest absolute Gasteiger partial charge is 0.296 e. The smallest absolute Gasteiger partial charge is 0.235 e. The molecule has 2 amide bonds. The third kappa shape index (κ3) is 2.38. The molecule has 1 aliphatic heterocycles. The molecule has 6 heteroatoms. The lowest BCUT2D eigenvalue weighted by Gasteiger charge is -2.21. The van der Waals surface area contributed by atoms with Crippen LogP contribution in [0, 0.1) is 5.82 Å². The average molecular weight is 303 g/mol. The molecule has 22 heavy (non-hydrogen) atoms. The van der Waals surface area contributed by atoms with Crippen molar-refractivity contribution in [1.29, 1.82) is 0 Å². The Morgan fingerprint density at radius 2 is 2.00 bits per heavy atom. The highest BCUT2D eigenvalue weighted by atomic mass is 19.1. The number of nitrogens with one attached hydrogen (secondary N) is 2. The maximum Gasteiger partial charge on any atom is 0.235 e. The molecule has 0 saturated carbocycles. The standard InChI is InChI=1S/C16H18FN3O2/c1-16(2,3)11-7-8(17)6-10-13(19-20-14(10)11)9-4-5-12(21)18-15(9)22/h6-7,9H,4-5H2,1-3H3,(H,19,20)(H,18,21,22)/t9-/m0/s1. The zero-order valence-electron chi connectivity index (χ0n) is 12.8. The molecule has 1 saturated heterocycles. The van der Waals surface area contributed by atoms with Crippen LogP contribution in [0.5, 0.6) is 0 Å². The Bertz CT molecular complexity index is 774. The minimum atomic E-state index is -0.502. The van der Waals surface area contributed by atoms with Gasteiger partial charge in [0, 0.05) is 11.8 Å². The Morgan fingerprint density at radius 1 is 1.27 bits per heavy atom. The number of fused-ring (bicyclic) bond motifs is 1. The fourth-order valence-corrected chi connectivity index (χ4v) is 2.91. The highest BCUT2D eigenvalue weighted by Gasteiger charge is 2.32. The van der Waals surface area contributed by atoms with Crippen molar-refractivity contribution in [2.45, 2.75) is 44.9 Å². The average Bonchev–Trinajstić information content (AvgIpc) is 2.80. The lowest BCUT2D eigenvalue weighted by Crippen LogP contribution is -2.39. The van der Waals surface area contributed by atoms with E-state index in [0.717, 1.165) is 5.56 Å². The summed E-state index contributed by atoms with van der Waals surface area (Å²) in [5, 5.41) is 10.1. The second-order valence-corrected chi connectivity index (χ2v) is 6.74. The fraction of sp³-hybridized carbons (Fsp3) is 0.438. The molecule has 2 heterocycles. The third-order valence-corrected chi connectivity index (χ3v) is 4.05. The summed E-state index contributed by atoms with van der Waals surface area (Å²) < 4.78 is 14.0. The predicted molar refractivity (Wildman–Crippen MR) is 79.9 cm³/mol. The Balaban J connectivity index is 2.15. The number of hydrogen-bond donors (Lipinski definition) is 2. The van der Waals surface area contributed by atoms with Crippen LogP contribution in [0.15, 0.2) is 12.1 Å². The number of imide groups is 1. The van der Waals surface area contributed by atoms with Crippen molar-refractivity contribution in [3.8, 4) is 0 Å². The Kier molecular flexibility index (Phi) is 3.27. The number of carbonyl (C=O) groups is 2. The van der Waals surface area contributed by atoms with E-state index in [9.17, 15) is 14.0 Å². The van der Waals surface area contributed by atoms with Crippen molar-refractivity contribution < 1.29 is 14.0 Å². The van der Waals surface area contributed by atoms with Crippen molar-refractivity contribution in [3.05, 3.63) is 29.2 Å². The van der Waals surface area contributed by atoms with Crippen LogP contribution in [0.4, 0.5) is 4.39 Å². The van der Waals surface area contributed by atoms with Gasteiger partial charge in [-0.05, 0) is 29.5 Å². The summed E-state index contributed by atoms with van der Waals surface area (Å²) >= 11 is 0. The molecule has 1 aromatic carbocycles.